The van der Waals surface area contributed by atoms with Crippen LogP contribution in [0.4, 0.5) is 5.69 Å². The summed E-state index contributed by atoms with van der Waals surface area (Å²) in [7, 11) is 0. The summed E-state index contributed by atoms with van der Waals surface area (Å²) < 4.78 is 0. The van der Waals surface area contributed by atoms with E-state index in [0.717, 1.165) is 38.8 Å². The van der Waals surface area contributed by atoms with Gasteiger partial charge in [-0.25, -0.2) is 0 Å². The summed E-state index contributed by atoms with van der Waals surface area (Å²) in [6, 6.07) is 20.0. The summed E-state index contributed by atoms with van der Waals surface area (Å²) in [4.78, 5) is 13.4. The van der Waals surface area contributed by atoms with Gasteiger partial charge in [0.15, 0.2) is 5.11 Å². The molecule has 1 unspecified atom stereocenters. The molecule has 0 radical (unpaired) electrons. The predicted octanol–water partition coefficient (Wildman–Crippen LogP) is 4.89. The van der Waals surface area contributed by atoms with Gasteiger partial charge in [-0.1, -0.05) is 54.6 Å². The van der Waals surface area contributed by atoms with Crippen LogP contribution in [0.2, 0.25) is 0 Å². The van der Waals surface area contributed by atoms with Crippen LogP contribution in [0.15, 0.2) is 71.9 Å². The van der Waals surface area contributed by atoms with Gasteiger partial charge in [0.05, 0.1) is 11.6 Å². The van der Waals surface area contributed by atoms with Crippen LogP contribution in [0, 0.1) is 13.8 Å². The Morgan fingerprint density at radius 3 is 2.59 bits per heavy atom. The number of amides is 1. The Hall–Kier alpha value is -3.18. The highest BCUT2D eigenvalue weighted by molar-refractivity contribution is 7.80. The first kappa shape index (κ1) is 19.2. The lowest BCUT2D eigenvalue weighted by atomic mass is 9.91. The molecular weight excluding hydrogens is 378 g/mol. The highest BCUT2D eigenvalue weighted by Crippen LogP contribution is 2.32. The van der Waals surface area contributed by atoms with E-state index < -0.39 is 0 Å². The average molecular weight is 402 g/mol. The van der Waals surface area contributed by atoms with E-state index in [2.05, 4.69) is 34.1 Å². The van der Waals surface area contributed by atoms with Crippen molar-refractivity contribution in [2.24, 2.45) is 0 Å². The van der Waals surface area contributed by atoms with Gasteiger partial charge in [-0.05, 0) is 66.5 Å². The fraction of sp³-hybridized carbons (Fsp3) is 0.167. The average Bonchev–Trinajstić information content (AvgIpc) is 2.69. The largest absolute Gasteiger partial charge is 0.351 e. The molecule has 146 valence electrons. The molecule has 0 saturated carbocycles. The van der Waals surface area contributed by atoms with Gasteiger partial charge in [-0.2, -0.15) is 0 Å². The van der Waals surface area contributed by atoms with E-state index >= 15 is 0 Å². The quantitative estimate of drug-likeness (QED) is 0.547. The first-order valence-corrected chi connectivity index (χ1v) is 9.99. The number of thiocarbonyl (C=S) groups is 1. The Balaban J connectivity index is 1.78. The number of rotatable bonds is 3. The highest BCUT2D eigenvalue weighted by Gasteiger charge is 2.31. The van der Waals surface area contributed by atoms with Gasteiger partial charge in [0, 0.05) is 11.4 Å². The van der Waals surface area contributed by atoms with E-state index in [-0.39, 0.29) is 11.9 Å². The molecule has 1 aliphatic heterocycles. The van der Waals surface area contributed by atoms with Crippen molar-refractivity contribution < 1.29 is 4.79 Å². The topological polar surface area (TPSA) is 53.2 Å². The number of fused-ring (bicyclic) bond motifs is 1. The second kappa shape index (κ2) is 7.68. The Bertz CT molecular complexity index is 1160. The molecular formula is C24H23N3OS. The molecule has 5 heteroatoms. The van der Waals surface area contributed by atoms with Crippen LogP contribution in [0.25, 0.3) is 10.8 Å². The molecule has 0 spiro atoms. The number of carbonyl (C=O) groups is 1. The second-order valence-electron chi connectivity index (χ2n) is 7.41. The maximum absolute atomic E-state index is 13.4. The van der Waals surface area contributed by atoms with Crippen LogP contribution in [0.5, 0.6) is 0 Å². The first-order chi connectivity index (χ1) is 13.9. The molecule has 0 aromatic heterocycles. The minimum absolute atomic E-state index is 0.142. The molecule has 1 atom stereocenters. The fourth-order valence-corrected chi connectivity index (χ4v) is 4.06. The van der Waals surface area contributed by atoms with Crippen molar-refractivity contribution in [3.8, 4) is 0 Å². The lowest BCUT2D eigenvalue weighted by Crippen LogP contribution is -2.45. The van der Waals surface area contributed by atoms with Crippen LogP contribution in [-0.4, -0.2) is 11.0 Å². The zero-order valence-electron chi connectivity index (χ0n) is 16.7. The van der Waals surface area contributed by atoms with Crippen LogP contribution >= 0.6 is 12.2 Å². The molecule has 4 rings (SSSR count). The number of hydrogen-bond acceptors (Lipinski definition) is 2. The van der Waals surface area contributed by atoms with Gasteiger partial charge >= 0.3 is 0 Å². The van der Waals surface area contributed by atoms with Crippen molar-refractivity contribution in [3.05, 3.63) is 88.6 Å². The van der Waals surface area contributed by atoms with Crippen LogP contribution in [0.3, 0.4) is 0 Å². The zero-order chi connectivity index (χ0) is 20.5. The lowest BCUT2D eigenvalue weighted by molar-refractivity contribution is -0.113. The number of aryl methyl sites for hydroxylation is 2. The summed E-state index contributed by atoms with van der Waals surface area (Å²) >= 11 is 5.40. The molecule has 1 amide bonds. The van der Waals surface area contributed by atoms with Crippen molar-refractivity contribution >= 4 is 39.7 Å². The molecule has 1 aliphatic rings. The van der Waals surface area contributed by atoms with Gasteiger partial charge in [0.2, 0.25) is 0 Å². The SMILES string of the molecule is CC1=C(C(=O)Nc2cc(C)ccc2C)C(c2cccc3ccccc23)NC(=S)N1. The predicted molar refractivity (Wildman–Crippen MR) is 123 cm³/mol. The summed E-state index contributed by atoms with van der Waals surface area (Å²) in [5.74, 6) is -0.142. The number of carbonyl (C=O) groups excluding carboxylic acids is 1. The molecule has 4 nitrogen and oxygen atoms in total. The zero-order valence-corrected chi connectivity index (χ0v) is 17.5. The summed E-state index contributed by atoms with van der Waals surface area (Å²) in [5, 5.41) is 12.2. The Morgan fingerprint density at radius 2 is 1.76 bits per heavy atom. The third kappa shape index (κ3) is 3.74. The van der Waals surface area contributed by atoms with Crippen molar-refractivity contribution in [2.75, 3.05) is 5.32 Å². The number of allylic oxidation sites excluding steroid dienone is 1. The molecule has 1 heterocycles. The maximum atomic E-state index is 13.4. The Labute approximate surface area is 176 Å². The van der Waals surface area contributed by atoms with Crippen LogP contribution < -0.4 is 16.0 Å². The molecule has 0 saturated heterocycles. The van der Waals surface area contributed by atoms with Gasteiger partial charge < -0.3 is 16.0 Å². The first-order valence-electron chi connectivity index (χ1n) is 9.58. The fourth-order valence-electron chi connectivity index (χ4n) is 3.79. The van der Waals surface area contributed by atoms with E-state index in [9.17, 15) is 4.79 Å². The van der Waals surface area contributed by atoms with Gasteiger partial charge in [-0.15, -0.1) is 0 Å². The Kier molecular flexibility index (Phi) is 5.07. The molecule has 0 fully saturated rings. The molecule has 0 aliphatic carbocycles. The van der Waals surface area contributed by atoms with Crippen LogP contribution in [-0.2, 0) is 4.79 Å². The summed E-state index contributed by atoms with van der Waals surface area (Å²) in [6.45, 7) is 5.90. The molecule has 3 N–H and O–H groups in total. The molecule has 0 bridgehead atoms. The monoisotopic (exact) mass is 401 g/mol. The molecule has 3 aromatic carbocycles. The maximum Gasteiger partial charge on any atom is 0.255 e. The highest BCUT2D eigenvalue weighted by atomic mass is 32.1. The molecule has 29 heavy (non-hydrogen) atoms. The smallest absolute Gasteiger partial charge is 0.255 e. The number of benzene rings is 3. The van der Waals surface area contributed by atoms with Crippen molar-refractivity contribution in [1.82, 2.24) is 10.6 Å². The lowest BCUT2D eigenvalue weighted by Gasteiger charge is -2.31. The van der Waals surface area contributed by atoms with E-state index in [1.807, 2.05) is 63.2 Å². The van der Waals surface area contributed by atoms with Gasteiger partial charge in [0.1, 0.15) is 0 Å². The number of anilines is 1. The van der Waals surface area contributed by atoms with E-state index in [1.165, 1.54) is 0 Å². The van der Waals surface area contributed by atoms with Crippen molar-refractivity contribution in [3.63, 3.8) is 0 Å². The van der Waals surface area contributed by atoms with Crippen LogP contribution in [0.1, 0.15) is 29.7 Å². The Morgan fingerprint density at radius 1 is 1.00 bits per heavy atom. The minimum atomic E-state index is -0.333. The summed E-state index contributed by atoms with van der Waals surface area (Å²) in [5.41, 5.74) is 5.36. The number of hydrogen-bond donors (Lipinski definition) is 3. The van der Waals surface area contributed by atoms with Gasteiger partial charge in [0.25, 0.3) is 5.91 Å². The van der Waals surface area contributed by atoms with E-state index in [1.54, 1.807) is 0 Å². The second-order valence-corrected chi connectivity index (χ2v) is 7.82. The molecule has 3 aromatic rings. The van der Waals surface area contributed by atoms with E-state index in [4.69, 9.17) is 12.2 Å². The third-order valence-electron chi connectivity index (χ3n) is 5.29. The minimum Gasteiger partial charge on any atom is -0.351 e. The standard InChI is InChI=1S/C24H23N3OS/c1-14-11-12-15(2)20(13-14)26-23(28)21-16(3)25-24(29)27-22(21)19-10-6-8-17-7-4-5-9-18(17)19/h4-13,22H,1-3H3,(H,26,28)(H2,25,27,29). The van der Waals surface area contributed by atoms with Gasteiger partial charge in [-0.3, -0.25) is 4.79 Å². The van der Waals surface area contributed by atoms with Crippen molar-refractivity contribution in [2.45, 2.75) is 26.8 Å². The van der Waals surface area contributed by atoms with E-state index in [0.29, 0.717) is 10.7 Å². The third-order valence-corrected chi connectivity index (χ3v) is 5.51. The van der Waals surface area contributed by atoms with Crippen molar-refractivity contribution in [1.29, 1.82) is 0 Å². The number of nitrogens with one attached hydrogen (secondary N) is 3. The summed E-state index contributed by atoms with van der Waals surface area (Å²) in [6.07, 6.45) is 0. The normalized spacial score (nSPS) is 16.4.